The van der Waals surface area contributed by atoms with E-state index >= 15 is 0 Å². The van der Waals surface area contributed by atoms with Gasteiger partial charge < -0.3 is 10.4 Å². The summed E-state index contributed by atoms with van der Waals surface area (Å²) in [6, 6.07) is -0.00537. The van der Waals surface area contributed by atoms with Gasteiger partial charge in [-0.25, -0.2) is 4.99 Å². The highest BCUT2D eigenvalue weighted by molar-refractivity contribution is 5.84. The molecule has 0 aromatic rings. The number of nitrogens with one attached hydrogen (secondary N) is 1. The van der Waals surface area contributed by atoms with Crippen LogP contribution in [0.1, 0.15) is 13.8 Å². The topological polar surface area (TPSA) is 57.0 Å². The standard InChI is InChI=1S/C8H17N3O/c1-6(2)7(5-12)11-8(9-3)10-4/h6-7,12H,3,5H2,1-2,4H3,(H,10,11)/t7-/m0/s1. The second kappa shape index (κ2) is 5.71. The summed E-state index contributed by atoms with van der Waals surface area (Å²) in [5.74, 6) is 0.816. The molecule has 0 heterocycles. The van der Waals surface area contributed by atoms with E-state index in [0.29, 0.717) is 11.9 Å². The molecule has 0 rings (SSSR count). The third-order valence-corrected chi connectivity index (χ3v) is 1.68. The van der Waals surface area contributed by atoms with Crippen molar-refractivity contribution < 1.29 is 5.11 Å². The Morgan fingerprint density at radius 1 is 1.58 bits per heavy atom. The van der Waals surface area contributed by atoms with Crippen LogP contribution in [0.2, 0.25) is 0 Å². The van der Waals surface area contributed by atoms with Gasteiger partial charge in [0.1, 0.15) is 0 Å². The molecule has 2 N–H and O–H groups in total. The minimum atomic E-state index is -0.00537. The van der Waals surface area contributed by atoms with Gasteiger partial charge in [0.25, 0.3) is 0 Å². The van der Waals surface area contributed by atoms with Crippen LogP contribution in [0.4, 0.5) is 0 Å². The maximum absolute atomic E-state index is 8.96. The van der Waals surface area contributed by atoms with Crippen LogP contribution < -0.4 is 5.32 Å². The molecule has 0 saturated heterocycles. The molecule has 0 spiro atoms. The summed E-state index contributed by atoms with van der Waals surface area (Å²) in [4.78, 5) is 7.50. The monoisotopic (exact) mass is 171 g/mol. The molecule has 1 atom stereocenters. The Hall–Kier alpha value is -0.900. The average Bonchev–Trinajstić information content (AvgIpc) is 2.06. The van der Waals surface area contributed by atoms with Crippen molar-refractivity contribution >= 4 is 12.7 Å². The van der Waals surface area contributed by atoms with E-state index in [9.17, 15) is 0 Å². The number of hydrogen-bond donors (Lipinski definition) is 2. The smallest absolute Gasteiger partial charge is 0.217 e. The average molecular weight is 171 g/mol. The molecular weight excluding hydrogens is 154 g/mol. The van der Waals surface area contributed by atoms with Crippen molar-refractivity contribution in [2.24, 2.45) is 15.9 Å². The van der Waals surface area contributed by atoms with Crippen LogP contribution in [-0.2, 0) is 0 Å². The van der Waals surface area contributed by atoms with Gasteiger partial charge in [-0.2, -0.15) is 0 Å². The van der Waals surface area contributed by atoms with Crippen LogP contribution in [0.3, 0.4) is 0 Å². The molecule has 0 aliphatic rings. The van der Waals surface area contributed by atoms with Crippen LogP contribution in [0.25, 0.3) is 0 Å². The molecule has 0 aliphatic heterocycles. The molecule has 0 bridgehead atoms. The molecule has 0 fully saturated rings. The van der Waals surface area contributed by atoms with E-state index in [1.54, 1.807) is 7.05 Å². The lowest BCUT2D eigenvalue weighted by atomic mass is 10.1. The fourth-order valence-electron chi connectivity index (χ4n) is 0.770. The van der Waals surface area contributed by atoms with Gasteiger partial charge >= 0.3 is 0 Å². The molecule has 0 saturated carbocycles. The minimum absolute atomic E-state index is 0.00537. The molecule has 12 heavy (non-hydrogen) atoms. The molecule has 0 aliphatic carbocycles. The number of aliphatic imine (C=N–C) groups is 2. The number of aliphatic hydroxyl groups excluding tert-OH is 1. The number of guanidine groups is 1. The Bertz CT molecular complexity index is 166. The van der Waals surface area contributed by atoms with Crippen molar-refractivity contribution in [3.8, 4) is 0 Å². The van der Waals surface area contributed by atoms with Crippen LogP contribution in [-0.4, -0.2) is 37.5 Å². The highest BCUT2D eigenvalue weighted by Crippen LogP contribution is 2.00. The van der Waals surface area contributed by atoms with Gasteiger partial charge in [-0.15, -0.1) is 0 Å². The van der Waals surface area contributed by atoms with Crippen LogP contribution in [0.15, 0.2) is 9.98 Å². The summed E-state index contributed by atoms with van der Waals surface area (Å²) >= 11 is 0. The Labute approximate surface area is 73.4 Å². The second-order valence-corrected chi connectivity index (χ2v) is 2.88. The van der Waals surface area contributed by atoms with Crippen molar-refractivity contribution in [2.45, 2.75) is 19.9 Å². The van der Waals surface area contributed by atoms with E-state index in [1.165, 1.54) is 0 Å². The normalized spacial score (nSPS) is 14.6. The Kier molecular flexibility index (Phi) is 5.28. The molecular formula is C8H17N3O. The summed E-state index contributed by atoms with van der Waals surface area (Å²) < 4.78 is 0. The SMILES string of the molecule is C=N/C(=N\C)N[C@@H](CO)C(C)C. The first-order valence-corrected chi connectivity index (χ1v) is 3.96. The highest BCUT2D eigenvalue weighted by atomic mass is 16.3. The van der Waals surface area contributed by atoms with E-state index in [4.69, 9.17) is 5.11 Å². The maximum atomic E-state index is 8.96. The molecule has 70 valence electrons. The third kappa shape index (κ3) is 3.48. The van der Waals surface area contributed by atoms with E-state index in [1.807, 2.05) is 13.8 Å². The van der Waals surface area contributed by atoms with Crippen LogP contribution in [0.5, 0.6) is 0 Å². The zero-order chi connectivity index (χ0) is 9.56. The summed E-state index contributed by atoms with van der Waals surface area (Å²) in [5.41, 5.74) is 0. The summed E-state index contributed by atoms with van der Waals surface area (Å²) in [6.07, 6.45) is 0. The number of rotatable bonds is 3. The lowest BCUT2D eigenvalue weighted by Gasteiger charge is -2.19. The number of nitrogens with zero attached hydrogens (tertiary/aromatic N) is 2. The van der Waals surface area contributed by atoms with Crippen LogP contribution in [0, 0.1) is 5.92 Å². The van der Waals surface area contributed by atoms with Gasteiger partial charge in [-0.3, -0.25) is 4.99 Å². The zero-order valence-electron chi connectivity index (χ0n) is 7.91. The number of aliphatic hydroxyl groups is 1. The molecule has 4 nitrogen and oxygen atoms in total. The fraction of sp³-hybridized carbons (Fsp3) is 0.750. The van der Waals surface area contributed by atoms with Gasteiger partial charge in [0.2, 0.25) is 5.96 Å². The number of hydrogen-bond acceptors (Lipinski definition) is 2. The molecule has 0 radical (unpaired) electrons. The van der Waals surface area contributed by atoms with E-state index in [2.05, 4.69) is 22.0 Å². The third-order valence-electron chi connectivity index (χ3n) is 1.68. The Morgan fingerprint density at radius 3 is 2.42 bits per heavy atom. The Morgan fingerprint density at radius 2 is 2.17 bits per heavy atom. The first-order chi connectivity index (χ1) is 5.65. The van der Waals surface area contributed by atoms with Gasteiger partial charge in [0.05, 0.1) is 12.6 Å². The predicted molar refractivity (Wildman–Crippen MR) is 51.8 cm³/mol. The molecule has 4 heteroatoms. The Balaban J connectivity index is 4.09. The van der Waals surface area contributed by atoms with Gasteiger partial charge in [0.15, 0.2) is 0 Å². The van der Waals surface area contributed by atoms with Crippen molar-refractivity contribution in [1.82, 2.24) is 5.32 Å². The predicted octanol–water partition coefficient (Wildman–Crippen LogP) is 0.279. The van der Waals surface area contributed by atoms with Crippen molar-refractivity contribution in [1.29, 1.82) is 0 Å². The first kappa shape index (κ1) is 11.1. The molecule has 0 unspecified atom stereocenters. The highest BCUT2D eigenvalue weighted by Gasteiger charge is 2.12. The van der Waals surface area contributed by atoms with E-state index in [0.717, 1.165) is 0 Å². The largest absolute Gasteiger partial charge is 0.394 e. The summed E-state index contributed by atoms with van der Waals surface area (Å²) in [5, 5.41) is 11.9. The van der Waals surface area contributed by atoms with E-state index < -0.39 is 0 Å². The zero-order valence-corrected chi connectivity index (χ0v) is 7.91. The molecule has 0 amide bonds. The second-order valence-electron chi connectivity index (χ2n) is 2.88. The fourth-order valence-corrected chi connectivity index (χ4v) is 0.770. The van der Waals surface area contributed by atoms with Gasteiger partial charge in [0, 0.05) is 7.05 Å². The maximum Gasteiger partial charge on any atom is 0.217 e. The van der Waals surface area contributed by atoms with E-state index in [-0.39, 0.29) is 12.6 Å². The summed E-state index contributed by atoms with van der Waals surface area (Å²) in [6.45, 7) is 7.47. The van der Waals surface area contributed by atoms with Gasteiger partial charge in [-0.1, -0.05) is 13.8 Å². The van der Waals surface area contributed by atoms with Crippen molar-refractivity contribution in [3.05, 3.63) is 0 Å². The minimum Gasteiger partial charge on any atom is -0.394 e. The lowest BCUT2D eigenvalue weighted by Crippen LogP contribution is -2.40. The summed E-state index contributed by atoms with van der Waals surface area (Å²) in [7, 11) is 1.63. The molecule has 0 aromatic heterocycles. The first-order valence-electron chi connectivity index (χ1n) is 3.96. The van der Waals surface area contributed by atoms with Crippen molar-refractivity contribution in [3.63, 3.8) is 0 Å². The quantitative estimate of drug-likeness (QED) is 0.473. The van der Waals surface area contributed by atoms with Gasteiger partial charge in [-0.05, 0) is 12.6 Å². The van der Waals surface area contributed by atoms with Crippen molar-refractivity contribution in [2.75, 3.05) is 13.7 Å². The molecule has 0 aromatic carbocycles. The van der Waals surface area contributed by atoms with Crippen LogP contribution >= 0.6 is 0 Å². The lowest BCUT2D eigenvalue weighted by molar-refractivity contribution is 0.226.